The quantitative estimate of drug-likeness (QED) is 0.791. The van der Waals surface area contributed by atoms with Crippen LogP contribution in [0.1, 0.15) is 6.92 Å². The van der Waals surface area contributed by atoms with Crippen LogP contribution >= 0.6 is 22.6 Å². The lowest BCUT2D eigenvalue weighted by Crippen LogP contribution is -2.06. The number of carbonyl (C=O) groups excluding carboxylic acids is 1. The zero-order chi connectivity index (χ0) is 8.97. The highest BCUT2D eigenvalue weighted by atomic mass is 127. The van der Waals surface area contributed by atoms with Crippen molar-refractivity contribution < 1.29 is 9.53 Å². The number of benzene rings is 1. The first-order valence-corrected chi connectivity index (χ1v) is 4.64. The van der Waals surface area contributed by atoms with Crippen LogP contribution in [0.25, 0.3) is 0 Å². The van der Waals surface area contributed by atoms with Crippen LogP contribution in [-0.2, 0) is 4.79 Å². The lowest BCUT2D eigenvalue weighted by Gasteiger charge is -2.02. The summed E-state index contributed by atoms with van der Waals surface area (Å²) in [5, 5.41) is 0. The Morgan fingerprint density at radius 1 is 1.58 bits per heavy atom. The third-order valence-corrected chi connectivity index (χ3v) is 1.91. The molecule has 1 aromatic carbocycles. The van der Waals surface area contributed by atoms with Crippen molar-refractivity contribution >= 4 is 28.4 Å². The smallest absolute Gasteiger partial charge is 0.167 e. The van der Waals surface area contributed by atoms with Crippen LogP contribution in [0.15, 0.2) is 24.3 Å². The van der Waals surface area contributed by atoms with E-state index in [2.05, 4.69) is 22.6 Å². The van der Waals surface area contributed by atoms with Crippen molar-refractivity contribution in [3.63, 3.8) is 0 Å². The average molecular weight is 276 g/mol. The molecule has 0 aliphatic carbocycles. The van der Waals surface area contributed by atoms with E-state index in [4.69, 9.17) is 4.74 Å². The molecular weight excluding hydrogens is 267 g/mol. The zero-order valence-electron chi connectivity index (χ0n) is 6.71. The molecule has 2 nitrogen and oxygen atoms in total. The summed E-state index contributed by atoms with van der Waals surface area (Å²) in [6, 6.07) is 7.60. The van der Waals surface area contributed by atoms with Gasteiger partial charge in [-0.05, 0) is 47.7 Å². The monoisotopic (exact) mass is 276 g/mol. The van der Waals surface area contributed by atoms with E-state index in [9.17, 15) is 4.79 Å². The van der Waals surface area contributed by atoms with Crippen LogP contribution in [-0.4, -0.2) is 12.4 Å². The Kier molecular flexibility index (Phi) is 3.52. The Bertz CT molecular complexity index is 284. The van der Waals surface area contributed by atoms with E-state index in [0.717, 1.165) is 9.32 Å². The Morgan fingerprint density at radius 3 is 2.92 bits per heavy atom. The summed E-state index contributed by atoms with van der Waals surface area (Å²) in [7, 11) is 0. The van der Waals surface area contributed by atoms with Gasteiger partial charge in [-0.2, -0.15) is 0 Å². The summed E-state index contributed by atoms with van der Waals surface area (Å²) in [6.07, 6.45) is 0. The van der Waals surface area contributed by atoms with E-state index < -0.39 is 0 Å². The van der Waals surface area contributed by atoms with Gasteiger partial charge in [0.25, 0.3) is 0 Å². The molecule has 0 unspecified atom stereocenters. The fourth-order valence-corrected chi connectivity index (χ4v) is 1.26. The first-order chi connectivity index (χ1) is 5.68. The lowest BCUT2D eigenvalue weighted by atomic mass is 10.3. The number of hydrogen-bond donors (Lipinski definition) is 0. The highest BCUT2D eigenvalue weighted by molar-refractivity contribution is 14.1. The molecule has 0 bridgehead atoms. The normalized spacial score (nSPS) is 9.50. The summed E-state index contributed by atoms with van der Waals surface area (Å²) >= 11 is 2.20. The second kappa shape index (κ2) is 4.45. The molecule has 0 aliphatic heterocycles. The van der Waals surface area contributed by atoms with Gasteiger partial charge in [-0.15, -0.1) is 0 Å². The summed E-state index contributed by atoms with van der Waals surface area (Å²) in [5.41, 5.74) is 0. The van der Waals surface area contributed by atoms with E-state index in [-0.39, 0.29) is 12.4 Å². The summed E-state index contributed by atoms with van der Waals surface area (Å²) < 4.78 is 6.30. The van der Waals surface area contributed by atoms with E-state index in [1.54, 1.807) is 0 Å². The van der Waals surface area contributed by atoms with Crippen molar-refractivity contribution in [3.8, 4) is 5.75 Å². The predicted molar refractivity (Wildman–Crippen MR) is 55.3 cm³/mol. The molecule has 1 rings (SSSR count). The van der Waals surface area contributed by atoms with Crippen molar-refractivity contribution in [2.75, 3.05) is 6.61 Å². The minimum absolute atomic E-state index is 0.0360. The van der Waals surface area contributed by atoms with Crippen LogP contribution in [0, 0.1) is 3.57 Å². The number of ketones is 1. The number of carbonyl (C=O) groups is 1. The maximum absolute atomic E-state index is 10.6. The molecule has 1 aromatic rings. The molecule has 0 heterocycles. The van der Waals surface area contributed by atoms with Gasteiger partial charge in [-0.1, -0.05) is 6.07 Å². The van der Waals surface area contributed by atoms with Crippen LogP contribution in [0.5, 0.6) is 5.75 Å². The number of rotatable bonds is 3. The average Bonchev–Trinajstić information content (AvgIpc) is 2.01. The summed E-state index contributed by atoms with van der Waals surface area (Å²) in [6.45, 7) is 1.66. The Balaban J connectivity index is 2.57. The van der Waals surface area contributed by atoms with Gasteiger partial charge in [-0.25, -0.2) is 0 Å². The first kappa shape index (κ1) is 9.51. The molecule has 0 aliphatic rings. The molecule has 0 spiro atoms. The number of ether oxygens (including phenoxy) is 1. The van der Waals surface area contributed by atoms with Crippen LogP contribution in [0.3, 0.4) is 0 Å². The Morgan fingerprint density at radius 2 is 2.33 bits per heavy atom. The largest absolute Gasteiger partial charge is 0.486 e. The predicted octanol–water partition coefficient (Wildman–Crippen LogP) is 2.26. The maximum Gasteiger partial charge on any atom is 0.167 e. The maximum atomic E-state index is 10.6. The van der Waals surface area contributed by atoms with Gasteiger partial charge in [0.1, 0.15) is 12.4 Å². The molecule has 0 fully saturated rings. The number of hydrogen-bond acceptors (Lipinski definition) is 2. The lowest BCUT2D eigenvalue weighted by molar-refractivity contribution is -0.118. The molecule has 0 saturated heterocycles. The number of Topliss-reactive ketones (excluding diaryl/α,β-unsaturated/α-hetero) is 1. The third kappa shape index (κ3) is 3.21. The standard InChI is InChI=1S/C9H9IO2/c1-7(11)6-12-9-4-2-3-8(10)5-9/h2-5H,6H2,1H3. The molecule has 0 N–H and O–H groups in total. The molecule has 0 radical (unpaired) electrons. The molecule has 0 saturated carbocycles. The SMILES string of the molecule is CC(=O)COc1cccc(I)c1. The topological polar surface area (TPSA) is 26.3 Å². The van der Waals surface area contributed by atoms with Gasteiger partial charge in [0.2, 0.25) is 0 Å². The summed E-state index contributed by atoms with van der Waals surface area (Å²) in [4.78, 5) is 10.6. The van der Waals surface area contributed by atoms with E-state index >= 15 is 0 Å². The second-order valence-electron chi connectivity index (χ2n) is 2.45. The Labute approximate surface area is 85.1 Å². The van der Waals surface area contributed by atoms with Gasteiger partial charge < -0.3 is 4.74 Å². The van der Waals surface area contributed by atoms with Gasteiger partial charge >= 0.3 is 0 Å². The first-order valence-electron chi connectivity index (χ1n) is 3.56. The fraction of sp³-hybridized carbons (Fsp3) is 0.222. The second-order valence-corrected chi connectivity index (χ2v) is 3.69. The van der Waals surface area contributed by atoms with E-state index in [1.807, 2.05) is 24.3 Å². The molecule has 64 valence electrons. The molecule has 0 amide bonds. The zero-order valence-corrected chi connectivity index (χ0v) is 8.87. The fourth-order valence-electron chi connectivity index (χ4n) is 0.742. The summed E-state index contributed by atoms with van der Waals surface area (Å²) in [5.74, 6) is 0.783. The Hall–Kier alpha value is -0.580. The van der Waals surface area contributed by atoms with Crippen LogP contribution in [0.2, 0.25) is 0 Å². The highest BCUT2D eigenvalue weighted by Gasteiger charge is 1.96. The minimum Gasteiger partial charge on any atom is -0.486 e. The minimum atomic E-state index is 0.0360. The van der Waals surface area contributed by atoms with Crippen molar-refractivity contribution in [3.05, 3.63) is 27.8 Å². The van der Waals surface area contributed by atoms with Crippen LogP contribution in [0.4, 0.5) is 0 Å². The van der Waals surface area contributed by atoms with E-state index in [0.29, 0.717) is 0 Å². The van der Waals surface area contributed by atoms with Gasteiger partial charge in [-0.3, -0.25) is 4.79 Å². The van der Waals surface area contributed by atoms with Crippen molar-refractivity contribution in [1.29, 1.82) is 0 Å². The molecule has 3 heteroatoms. The number of halogens is 1. The molecular formula is C9H9IO2. The van der Waals surface area contributed by atoms with Gasteiger partial charge in [0.05, 0.1) is 0 Å². The van der Waals surface area contributed by atoms with Crippen molar-refractivity contribution in [2.24, 2.45) is 0 Å². The van der Waals surface area contributed by atoms with Crippen LogP contribution < -0.4 is 4.74 Å². The third-order valence-electron chi connectivity index (χ3n) is 1.24. The van der Waals surface area contributed by atoms with Gasteiger partial charge in [0.15, 0.2) is 5.78 Å². The molecule has 12 heavy (non-hydrogen) atoms. The molecule has 0 atom stereocenters. The van der Waals surface area contributed by atoms with Crippen molar-refractivity contribution in [2.45, 2.75) is 6.92 Å². The molecule has 0 aromatic heterocycles. The van der Waals surface area contributed by atoms with E-state index in [1.165, 1.54) is 6.92 Å². The highest BCUT2D eigenvalue weighted by Crippen LogP contribution is 2.14. The van der Waals surface area contributed by atoms with Crippen molar-refractivity contribution in [1.82, 2.24) is 0 Å². The van der Waals surface area contributed by atoms with Gasteiger partial charge in [0, 0.05) is 3.57 Å².